The molecule has 0 bridgehead atoms. The highest BCUT2D eigenvalue weighted by atomic mass is 32.2. The Hall–Kier alpha value is -3.32. The van der Waals surface area contributed by atoms with Crippen LogP contribution in [0.4, 0.5) is 0 Å². The number of carbonyl (C=O) groups excluding carboxylic acids is 1. The van der Waals surface area contributed by atoms with Crippen molar-refractivity contribution in [1.29, 1.82) is 0 Å². The third-order valence-corrected chi connectivity index (χ3v) is 5.44. The van der Waals surface area contributed by atoms with E-state index >= 15 is 0 Å². The van der Waals surface area contributed by atoms with Crippen molar-refractivity contribution in [2.75, 3.05) is 0 Å². The van der Waals surface area contributed by atoms with Gasteiger partial charge < -0.3 is 9.73 Å². The minimum atomic E-state index is -0.203. The summed E-state index contributed by atoms with van der Waals surface area (Å²) >= 11 is 1.68. The van der Waals surface area contributed by atoms with Crippen molar-refractivity contribution in [3.05, 3.63) is 102 Å². The Kier molecular flexibility index (Phi) is 6.07. The largest absolute Gasteiger partial charge is 0.459 e. The van der Waals surface area contributed by atoms with E-state index in [-0.39, 0.29) is 5.91 Å². The number of rotatable bonds is 8. The van der Waals surface area contributed by atoms with Gasteiger partial charge in [-0.25, -0.2) is 9.67 Å². The lowest BCUT2D eigenvalue weighted by molar-refractivity contribution is 0.0922. The van der Waals surface area contributed by atoms with Gasteiger partial charge in [0.05, 0.1) is 12.8 Å². The topological polar surface area (TPSA) is 73.0 Å². The van der Waals surface area contributed by atoms with Gasteiger partial charge in [-0.3, -0.25) is 4.79 Å². The van der Waals surface area contributed by atoms with Gasteiger partial charge in [0.1, 0.15) is 12.7 Å². The van der Waals surface area contributed by atoms with Gasteiger partial charge in [0.25, 0.3) is 5.91 Å². The highest BCUT2D eigenvalue weighted by molar-refractivity contribution is 7.98. The zero-order valence-corrected chi connectivity index (χ0v) is 16.5. The molecule has 7 heteroatoms. The van der Waals surface area contributed by atoms with Crippen molar-refractivity contribution in [1.82, 2.24) is 20.1 Å². The summed E-state index contributed by atoms with van der Waals surface area (Å²) in [5.74, 6) is 0.849. The number of hydrogen-bond acceptors (Lipinski definition) is 5. The maximum atomic E-state index is 12.6. The van der Waals surface area contributed by atoms with Crippen LogP contribution in [0.3, 0.4) is 0 Å². The van der Waals surface area contributed by atoms with Crippen LogP contribution in [0, 0.1) is 0 Å². The summed E-state index contributed by atoms with van der Waals surface area (Å²) in [6, 6.07) is 20.0. The normalized spacial score (nSPS) is 10.8. The van der Waals surface area contributed by atoms with Crippen LogP contribution in [0.5, 0.6) is 0 Å². The second-order valence-electron chi connectivity index (χ2n) is 6.47. The first-order valence-corrected chi connectivity index (χ1v) is 10.2. The number of carbonyl (C=O) groups is 1. The van der Waals surface area contributed by atoms with Crippen molar-refractivity contribution in [3.8, 4) is 0 Å². The molecular formula is C22H20N4O2S. The number of furan rings is 1. The van der Waals surface area contributed by atoms with E-state index in [2.05, 4.69) is 27.5 Å². The summed E-state index contributed by atoms with van der Waals surface area (Å²) in [7, 11) is 0. The summed E-state index contributed by atoms with van der Waals surface area (Å²) in [5.41, 5.74) is 3.03. The molecule has 0 saturated carbocycles. The molecule has 0 aliphatic heterocycles. The fourth-order valence-electron chi connectivity index (χ4n) is 2.85. The molecule has 1 N–H and O–H groups in total. The average Bonchev–Trinajstić information content (AvgIpc) is 3.44. The lowest BCUT2D eigenvalue weighted by atomic mass is 10.1. The zero-order valence-electron chi connectivity index (χ0n) is 15.7. The van der Waals surface area contributed by atoms with Gasteiger partial charge in [0, 0.05) is 22.8 Å². The van der Waals surface area contributed by atoms with Gasteiger partial charge in [0.15, 0.2) is 5.76 Å². The van der Waals surface area contributed by atoms with Gasteiger partial charge in [-0.1, -0.05) is 42.5 Å². The SMILES string of the molecule is O=C(NCc1ccc(Cn2cncn2)cc1)c1occc1CSc1ccccc1. The zero-order chi connectivity index (χ0) is 19.9. The summed E-state index contributed by atoms with van der Waals surface area (Å²) in [4.78, 5) is 17.7. The molecule has 0 saturated heterocycles. The Labute approximate surface area is 173 Å². The Morgan fingerprint density at radius 2 is 1.83 bits per heavy atom. The molecule has 6 nitrogen and oxygen atoms in total. The third-order valence-electron chi connectivity index (χ3n) is 4.38. The van der Waals surface area contributed by atoms with E-state index in [0.717, 1.165) is 21.6 Å². The van der Waals surface area contributed by atoms with E-state index in [1.807, 2.05) is 48.5 Å². The lowest BCUT2D eigenvalue weighted by Crippen LogP contribution is -2.23. The second-order valence-corrected chi connectivity index (χ2v) is 7.52. The molecule has 0 fully saturated rings. The predicted octanol–water partition coefficient (Wildman–Crippen LogP) is 4.14. The highest BCUT2D eigenvalue weighted by Gasteiger charge is 2.15. The highest BCUT2D eigenvalue weighted by Crippen LogP contribution is 2.24. The maximum Gasteiger partial charge on any atom is 0.287 e. The number of hydrogen-bond donors (Lipinski definition) is 1. The van der Waals surface area contributed by atoms with Crippen molar-refractivity contribution >= 4 is 17.7 Å². The molecule has 2 heterocycles. The van der Waals surface area contributed by atoms with Crippen molar-refractivity contribution in [2.45, 2.75) is 23.7 Å². The van der Waals surface area contributed by atoms with Crippen LogP contribution in [0.2, 0.25) is 0 Å². The molecule has 1 amide bonds. The van der Waals surface area contributed by atoms with Crippen LogP contribution < -0.4 is 5.32 Å². The molecule has 0 aliphatic carbocycles. The van der Waals surface area contributed by atoms with E-state index < -0.39 is 0 Å². The smallest absolute Gasteiger partial charge is 0.287 e. The maximum absolute atomic E-state index is 12.6. The summed E-state index contributed by atoms with van der Waals surface area (Å²) in [5, 5.41) is 7.04. The van der Waals surface area contributed by atoms with Gasteiger partial charge in [-0.2, -0.15) is 5.10 Å². The molecule has 0 spiro atoms. The first-order chi connectivity index (χ1) is 14.3. The van der Waals surface area contributed by atoms with Gasteiger partial charge in [-0.15, -0.1) is 11.8 Å². The molecule has 0 radical (unpaired) electrons. The summed E-state index contributed by atoms with van der Waals surface area (Å²) in [6.45, 7) is 1.11. The molecular weight excluding hydrogens is 384 g/mol. The molecule has 2 aromatic heterocycles. The Balaban J connectivity index is 1.31. The molecule has 0 aliphatic rings. The first-order valence-electron chi connectivity index (χ1n) is 9.20. The van der Waals surface area contributed by atoms with Crippen LogP contribution in [-0.2, 0) is 18.8 Å². The summed E-state index contributed by atoms with van der Waals surface area (Å²) < 4.78 is 7.21. The number of nitrogens with one attached hydrogen (secondary N) is 1. The number of benzene rings is 2. The number of amides is 1. The number of thioether (sulfide) groups is 1. The monoisotopic (exact) mass is 404 g/mol. The average molecular weight is 404 g/mol. The quantitative estimate of drug-likeness (QED) is 0.447. The molecule has 29 heavy (non-hydrogen) atoms. The Morgan fingerprint density at radius 3 is 2.59 bits per heavy atom. The van der Waals surface area contributed by atoms with Crippen LogP contribution in [-0.4, -0.2) is 20.7 Å². The Bertz CT molecular complexity index is 1040. The fourth-order valence-corrected chi connectivity index (χ4v) is 3.75. The van der Waals surface area contributed by atoms with E-state index in [1.165, 1.54) is 6.33 Å². The molecule has 0 unspecified atom stereocenters. The van der Waals surface area contributed by atoms with Crippen molar-refractivity contribution in [2.24, 2.45) is 0 Å². The molecule has 0 atom stereocenters. The van der Waals surface area contributed by atoms with Gasteiger partial charge >= 0.3 is 0 Å². The fraction of sp³-hybridized carbons (Fsp3) is 0.136. The molecule has 4 aromatic rings. The Morgan fingerprint density at radius 1 is 1.03 bits per heavy atom. The standard InChI is InChI=1S/C22H20N4O2S/c27-22(21-19(10-11-28-21)14-29-20-4-2-1-3-5-20)24-12-17-6-8-18(9-7-17)13-26-16-23-15-25-26/h1-11,15-16H,12-14H2,(H,24,27). The van der Waals surface area contributed by atoms with Crippen molar-refractivity contribution in [3.63, 3.8) is 0 Å². The number of nitrogens with zero attached hydrogens (tertiary/aromatic N) is 3. The molecule has 4 rings (SSSR count). The first kappa shape index (κ1) is 19.0. The van der Waals surface area contributed by atoms with E-state index in [1.54, 1.807) is 29.0 Å². The minimum Gasteiger partial charge on any atom is -0.459 e. The van der Waals surface area contributed by atoms with Crippen LogP contribution in [0.1, 0.15) is 27.2 Å². The van der Waals surface area contributed by atoms with E-state index in [9.17, 15) is 4.79 Å². The molecule has 146 valence electrons. The van der Waals surface area contributed by atoms with Crippen LogP contribution in [0.25, 0.3) is 0 Å². The third kappa shape index (κ3) is 5.14. The predicted molar refractivity (Wildman–Crippen MR) is 111 cm³/mol. The van der Waals surface area contributed by atoms with Gasteiger partial charge in [-0.05, 0) is 29.3 Å². The van der Waals surface area contributed by atoms with E-state index in [0.29, 0.717) is 24.6 Å². The molecule has 2 aromatic carbocycles. The lowest BCUT2D eigenvalue weighted by Gasteiger charge is -2.07. The van der Waals surface area contributed by atoms with Gasteiger partial charge in [0.2, 0.25) is 0 Å². The number of aromatic nitrogens is 3. The van der Waals surface area contributed by atoms with Crippen LogP contribution in [0.15, 0.2) is 88.9 Å². The minimum absolute atomic E-state index is 0.203. The van der Waals surface area contributed by atoms with Crippen molar-refractivity contribution < 1.29 is 9.21 Å². The second kappa shape index (κ2) is 9.25. The van der Waals surface area contributed by atoms with Crippen LogP contribution >= 0.6 is 11.8 Å². The van der Waals surface area contributed by atoms with E-state index in [4.69, 9.17) is 4.42 Å². The summed E-state index contributed by atoms with van der Waals surface area (Å²) in [6.07, 6.45) is 4.77.